The minimum Gasteiger partial charge on any atom is -0.508 e. The van der Waals surface area contributed by atoms with Crippen molar-refractivity contribution in [1.82, 2.24) is 4.57 Å². The van der Waals surface area contributed by atoms with Gasteiger partial charge in [0.1, 0.15) is 17.3 Å². The van der Waals surface area contributed by atoms with Gasteiger partial charge in [0.2, 0.25) is 4.80 Å². The molecule has 1 N–H and O–H groups in total. The molecule has 0 fully saturated rings. The molecule has 0 bridgehead atoms. The third-order valence-electron chi connectivity index (χ3n) is 4.21. The summed E-state index contributed by atoms with van der Waals surface area (Å²) in [6, 6.07) is 20.9. The number of aromatic nitrogens is 1. The van der Waals surface area contributed by atoms with Crippen LogP contribution in [-0.4, -0.2) is 15.4 Å². The van der Waals surface area contributed by atoms with Crippen molar-refractivity contribution in [1.29, 1.82) is 0 Å². The normalized spacial score (nSPS) is 12.7. The molecule has 0 radical (unpaired) electrons. The minimum atomic E-state index is -0.309. The summed E-state index contributed by atoms with van der Waals surface area (Å²) in [6.07, 6.45) is 0. The smallest absolute Gasteiger partial charge is 0.211 e. The van der Waals surface area contributed by atoms with Crippen molar-refractivity contribution in [3.63, 3.8) is 0 Å². The van der Waals surface area contributed by atoms with Gasteiger partial charge < -0.3 is 9.67 Å². The zero-order chi connectivity index (χ0) is 18.8. The molecule has 4 nitrogen and oxygen atoms in total. The van der Waals surface area contributed by atoms with E-state index in [2.05, 4.69) is 10.2 Å². The van der Waals surface area contributed by atoms with Crippen LogP contribution >= 0.6 is 11.3 Å². The lowest BCUT2D eigenvalue weighted by atomic mass is 10.0. The van der Waals surface area contributed by atoms with Gasteiger partial charge in [-0.05, 0) is 60.7 Å². The first-order chi connectivity index (χ1) is 13.1. The van der Waals surface area contributed by atoms with Crippen LogP contribution in [0.5, 0.6) is 5.75 Å². The molecule has 0 saturated heterocycles. The number of aromatic hydroxyl groups is 1. The van der Waals surface area contributed by atoms with Gasteiger partial charge in [-0.3, -0.25) is 0 Å². The standard InChI is InChI=1S/C21H16FN3OS/c1-25-18-4-2-3-5-19(18)27-21(25)24-23-20(14-6-10-16(22)11-7-14)15-8-12-17(26)13-9-15/h2-13,26H,1H3/b23-20-,24-21-. The largest absolute Gasteiger partial charge is 0.508 e. The predicted molar refractivity (Wildman–Crippen MR) is 107 cm³/mol. The summed E-state index contributed by atoms with van der Waals surface area (Å²) in [4.78, 5) is 0.759. The van der Waals surface area contributed by atoms with Gasteiger partial charge in [0.05, 0.1) is 10.2 Å². The van der Waals surface area contributed by atoms with E-state index >= 15 is 0 Å². The number of hydrogen-bond acceptors (Lipinski definition) is 4. The molecule has 0 unspecified atom stereocenters. The Balaban J connectivity index is 1.87. The Kier molecular flexibility index (Phi) is 4.56. The highest BCUT2D eigenvalue weighted by atomic mass is 32.1. The number of phenolic OH excluding ortho intramolecular Hbond substituents is 1. The van der Waals surface area contributed by atoms with Crippen LogP contribution in [0.1, 0.15) is 11.1 Å². The second-order valence-electron chi connectivity index (χ2n) is 6.01. The summed E-state index contributed by atoms with van der Waals surface area (Å²) < 4.78 is 16.4. The maximum absolute atomic E-state index is 13.3. The molecule has 0 amide bonds. The zero-order valence-electron chi connectivity index (χ0n) is 14.5. The Labute approximate surface area is 159 Å². The molecular formula is C21H16FN3OS. The molecule has 6 heteroatoms. The molecule has 0 aliphatic rings. The molecule has 1 aromatic heterocycles. The monoisotopic (exact) mass is 377 g/mol. The van der Waals surface area contributed by atoms with E-state index in [4.69, 9.17) is 0 Å². The summed E-state index contributed by atoms with van der Waals surface area (Å²) >= 11 is 1.55. The van der Waals surface area contributed by atoms with Crippen molar-refractivity contribution >= 4 is 27.3 Å². The van der Waals surface area contributed by atoms with Crippen molar-refractivity contribution in [3.05, 3.63) is 94.5 Å². The minimum absolute atomic E-state index is 0.171. The van der Waals surface area contributed by atoms with Gasteiger partial charge in [0.25, 0.3) is 0 Å². The highest BCUT2D eigenvalue weighted by Crippen LogP contribution is 2.17. The first-order valence-corrected chi connectivity index (χ1v) is 9.15. The molecular weight excluding hydrogens is 361 g/mol. The van der Waals surface area contributed by atoms with Gasteiger partial charge in [0.15, 0.2) is 0 Å². The SMILES string of the molecule is Cn1/c(=N/N=C(\c2ccc(O)cc2)c2ccc(F)cc2)sc2ccccc21. The predicted octanol–water partition coefficient (Wildman–Crippen LogP) is 4.44. The summed E-state index contributed by atoms with van der Waals surface area (Å²) in [7, 11) is 1.95. The molecule has 27 heavy (non-hydrogen) atoms. The Morgan fingerprint density at radius 3 is 2.22 bits per heavy atom. The Bertz CT molecular complexity index is 1140. The Hall–Kier alpha value is -3.25. The second kappa shape index (κ2) is 7.17. The molecule has 0 atom stereocenters. The van der Waals surface area contributed by atoms with E-state index in [-0.39, 0.29) is 11.6 Å². The third-order valence-corrected chi connectivity index (χ3v) is 5.31. The third kappa shape index (κ3) is 3.52. The number of thiazole rings is 1. The summed E-state index contributed by atoms with van der Waals surface area (Å²) in [5, 5.41) is 18.5. The number of benzene rings is 3. The Morgan fingerprint density at radius 1 is 0.926 bits per heavy atom. The number of para-hydroxylation sites is 1. The van der Waals surface area contributed by atoms with E-state index in [9.17, 15) is 9.50 Å². The van der Waals surface area contributed by atoms with Crippen LogP contribution in [0.25, 0.3) is 10.2 Å². The molecule has 0 saturated carbocycles. The number of nitrogens with zero attached hydrogens (tertiary/aromatic N) is 3. The van der Waals surface area contributed by atoms with Crippen LogP contribution in [0.15, 0.2) is 83.0 Å². The van der Waals surface area contributed by atoms with Gasteiger partial charge in [-0.2, -0.15) is 0 Å². The molecule has 4 aromatic rings. The van der Waals surface area contributed by atoms with Crippen LogP contribution in [0.3, 0.4) is 0 Å². The maximum atomic E-state index is 13.3. The van der Waals surface area contributed by atoms with E-state index in [0.717, 1.165) is 26.1 Å². The van der Waals surface area contributed by atoms with Gasteiger partial charge >= 0.3 is 0 Å². The van der Waals surface area contributed by atoms with E-state index in [1.165, 1.54) is 12.1 Å². The highest BCUT2D eigenvalue weighted by Gasteiger charge is 2.08. The average molecular weight is 377 g/mol. The molecule has 0 aliphatic heterocycles. The molecule has 3 aromatic carbocycles. The van der Waals surface area contributed by atoms with Crippen LogP contribution in [-0.2, 0) is 7.05 Å². The molecule has 134 valence electrons. The van der Waals surface area contributed by atoms with Crippen molar-refractivity contribution in [3.8, 4) is 5.75 Å². The van der Waals surface area contributed by atoms with Gasteiger partial charge in [-0.1, -0.05) is 23.5 Å². The molecule has 4 rings (SSSR count). The summed E-state index contributed by atoms with van der Waals surface area (Å²) in [6.45, 7) is 0. The highest BCUT2D eigenvalue weighted by molar-refractivity contribution is 7.16. The van der Waals surface area contributed by atoms with Gasteiger partial charge in [0, 0.05) is 18.2 Å². The fraction of sp³-hybridized carbons (Fsp3) is 0.0476. The van der Waals surface area contributed by atoms with Crippen molar-refractivity contribution in [2.75, 3.05) is 0 Å². The zero-order valence-corrected chi connectivity index (χ0v) is 15.3. The van der Waals surface area contributed by atoms with Crippen molar-refractivity contribution < 1.29 is 9.50 Å². The number of fused-ring (bicyclic) bond motifs is 1. The lowest BCUT2D eigenvalue weighted by Crippen LogP contribution is -2.10. The first kappa shape index (κ1) is 17.2. The fourth-order valence-electron chi connectivity index (χ4n) is 2.78. The van der Waals surface area contributed by atoms with Crippen LogP contribution < -0.4 is 4.80 Å². The second-order valence-corrected chi connectivity index (χ2v) is 7.02. The quantitative estimate of drug-likeness (QED) is 0.416. The first-order valence-electron chi connectivity index (χ1n) is 8.33. The molecule has 0 aliphatic carbocycles. The lowest BCUT2D eigenvalue weighted by Gasteiger charge is -2.06. The van der Waals surface area contributed by atoms with Crippen LogP contribution in [0.2, 0.25) is 0 Å². The maximum Gasteiger partial charge on any atom is 0.211 e. The molecule has 1 heterocycles. The van der Waals surface area contributed by atoms with Crippen LogP contribution in [0, 0.1) is 5.82 Å². The fourth-order valence-corrected chi connectivity index (χ4v) is 3.75. The summed E-state index contributed by atoms with van der Waals surface area (Å²) in [5.74, 6) is -0.137. The van der Waals surface area contributed by atoms with Gasteiger partial charge in [-0.25, -0.2) is 4.39 Å². The van der Waals surface area contributed by atoms with Crippen molar-refractivity contribution in [2.45, 2.75) is 0 Å². The topological polar surface area (TPSA) is 49.9 Å². The molecule has 0 spiro atoms. The van der Waals surface area contributed by atoms with E-state index in [0.29, 0.717) is 5.71 Å². The number of phenols is 1. The Morgan fingerprint density at radius 2 is 1.56 bits per heavy atom. The number of halogens is 1. The number of hydrogen-bond donors (Lipinski definition) is 1. The van der Waals surface area contributed by atoms with Gasteiger partial charge in [-0.15, -0.1) is 10.2 Å². The van der Waals surface area contributed by atoms with Crippen LogP contribution in [0.4, 0.5) is 4.39 Å². The van der Waals surface area contributed by atoms with E-state index < -0.39 is 0 Å². The van der Waals surface area contributed by atoms with Crippen molar-refractivity contribution in [2.24, 2.45) is 17.3 Å². The summed E-state index contributed by atoms with van der Waals surface area (Å²) in [5.41, 5.74) is 3.22. The number of aryl methyl sites for hydroxylation is 1. The van der Waals surface area contributed by atoms with E-state index in [1.807, 2.05) is 35.9 Å². The average Bonchev–Trinajstić information content (AvgIpc) is 3.01. The number of rotatable bonds is 3. The lowest BCUT2D eigenvalue weighted by molar-refractivity contribution is 0.475. The van der Waals surface area contributed by atoms with E-state index in [1.54, 1.807) is 47.7 Å².